The lowest BCUT2D eigenvalue weighted by Gasteiger charge is -2.08. The van der Waals surface area contributed by atoms with Crippen molar-refractivity contribution in [1.29, 1.82) is 0 Å². The molecule has 21 heavy (non-hydrogen) atoms. The second-order valence-corrected chi connectivity index (χ2v) is 5.16. The Bertz CT molecular complexity index is 759. The van der Waals surface area contributed by atoms with Crippen LogP contribution in [0.1, 0.15) is 15.9 Å². The third-order valence-corrected chi connectivity index (χ3v) is 3.68. The Balaban J connectivity index is 1.71. The second-order valence-electron chi connectivity index (χ2n) is 5.16. The van der Waals surface area contributed by atoms with Gasteiger partial charge >= 0.3 is 0 Å². The van der Waals surface area contributed by atoms with Crippen LogP contribution < -0.4 is 5.32 Å². The zero-order valence-electron chi connectivity index (χ0n) is 12.0. The number of carbonyl (C=O) groups is 1. The molecule has 0 spiro atoms. The molecule has 0 saturated carbocycles. The molecule has 0 unspecified atom stereocenters. The molecule has 2 aromatic carbocycles. The number of carbonyl (C=O) groups excluding carboxylic acids is 1. The van der Waals surface area contributed by atoms with Crippen molar-refractivity contribution < 1.29 is 4.79 Å². The van der Waals surface area contributed by atoms with Crippen LogP contribution in [0.15, 0.2) is 60.8 Å². The molecule has 1 heterocycles. The van der Waals surface area contributed by atoms with Crippen LogP contribution in [-0.2, 0) is 13.5 Å². The molecule has 1 N–H and O–H groups in total. The smallest absolute Gasteiger partial charge is 0.253 e. The second kappa shape index (κ2) is 5.83. The molecule has 1 amide bonds. The van der Waals surface area contributed by atoms with Gasteiger partial charge in [0.1, 0.15) is 0 Å². The van der Waals surface area contributed by atoms with Gasteiger partial charge in [-0.2, -0.15) is 0 Å². The third-order valence-electron chi connectivity index (χ3n) is 3.68. The maximum absolute atomic E-state index is 12.4. The first-order valence-corrected chi connectivity index (χ1v) is 7.12. The number of amides is 1. The highest BCUT2D eigenvalue weighted by atomic mass is 16.1. The SMILES string of the molecule is Cn1ccc2cccc(C(=O)NCCc3ccccc3)c21. The van der Waals surface area contributed by atoms with Crippen molar-refractivity contribution in [3.63, 3.8) is 0 Å². The quantitative estimate of drug-likeness (QED) is 0.781. The van der Waals surface area contributed by atoms with E-state index in [1.807, 2.05) is 60.3 Å². The number of aryl methyl sites for hydroxylation is 1. The summed E-state index contributed by atoms with van der Waals surface area (Å²) in [5.41, 5.74) is 2.94. The van der Waals surface area contributed by atoms with Crippen molar-refractivity contribution in [2.24, 2.45) is 7.05 Å². The largest absolute Gasteiger partial charge is 0.352 e. The molecule has 3 rings (SSSR count). The van der Waals surface area contributed by atoms with E-state index in [0.717, 1.165) is 22.9 Å². The molecule has 0 aliphatic rings. The number of benzene rings is 2. The van der Waals surface area contributed by atoms with Crippen LogP contribution in [0, 0.1) is 0 Å². The molecule has 106 valence electrons. The van der Waals surface area contributed by atoms with E-state index in [9.17, 15) is 4.79 Å². The average molecular weight is 278 g/mol. The summed E-state index contributed by atoms with van der Waals surface area (Å²) in [6, 6.07) is 18.0. The lowest BCUT2D eigenvalue weighted by atomic mass is 10.1. The Morgan fingerprint density at radius 1 is 1.05 bits per heavy atom. The van der Waals surface area contributed by atoms with Crippen molar-refractivity contribution in [3.05, 3.63) is 71.9 Å². The van der Waals surface area contributed by atoms with Gasteiger partial charge < -0.3 is 9.88 Å². The first-order valence-electron chi connectivity index (χ1n) is 7.12. The van der Waals surface area contributed by atoms with Gasteiger partial charge in [-0.25, -0.2) is 0 Å². The minimum Gasteiger partial charge on any atom is -0.352 e. The topological polar surface area (TPSA) is 34.0 Å². The predicted octanol–water partition coefficient (Wildman–Crippen LogP) is 3.15. The number of nitrogens with one attached hydrogen (secondary N) is 1. The van der Waals surface area contributed by atoms with E-state index in [1.165, 1.54) is 5.56 Å². The van der Waals surface area contributed by atoms with Gasteiger partial charge in [0.05, 0.1) is 11.1 Å². The highest BCUT2D eigenvalue weighted by Gasteiger charge is 2.11. The van der Waals surface area contributed by atoms with E-state index in [0.29, 0.717) is 6.54 Å². The minimum atomic E-state index is -0.0154. The summed E-state index contributed by atoms with van der Waals surface area (Å²) in [7, 11) is 1.96. The van der Waals surface area contributed by atoms with Crippen LogP contribution in [-0.4, -0.2) is 17.0 Å². The Morgan fingerprint density at radius 3 is 2.67 bits per heavy atom. The summed E-state index contributed by atoms with van der Waals surface area (Å²) in [4.78, 5) is 12.4. The van der Waals surface area contributed by atoms with E-state index in [2.05, 4.69) is 17.4 Å². The number of aromatic nitrogens is 1. The summed E-state index contributed by atoms with van der Waals surface area (Å²) in [6.07, 6.45) is 2.82. The third kappa shape index (κ3) is 2.82. The molecule has 0 fully saturated rings. The van der Waals surface area contributed by atoms with Crippen LogP contribution >= 0.6 is 0 Å². The van der Waals surface area contributed by atoms with Crippen LogP contribution in [0.5, 0.6) is 0 Å². The maximum Gasteiger partial charge on any atom is 0.253 e. The van der Waals surface area contributed by atoms with E-state index in [1.54, 1.807) is 0 Å². The zero-order valence-corrected chi connectivity index (χ0v) is 12.0. The van der Waals surface area contributed by atoms with Crippen molar-refractivity contribution in [2.45, 2.75) is 6.42 Å². The van der Waals surface area contributed by atoms with Crippen molar-refractivity contribution in [1.82, 2.24) is 9.88 Å². The van der Waals surface area contributed by atoms with Gasteiger partial charge in [0.25, 0.3) is 5.91 Å². The van der Waals surface area contributed by atoms with Gasteiger partial charge in [-0.15, -0.1) is 0 Å². The van der Waals surface area contributed by atoms with Crippen LogP contribution in [0.2, 0.25) is 0 Å². The van der Waals surface area contributed by atoms with Gasteiger partial charge in [-0.1, -0.05) is 42.5 Å². The number of rotatable bonds is 4. The fourth-order valence-electron chi connectivity index (χ4n) is 2.60. The fraction of sp³-hybridized carbons (Fsp3) is 0.167. The maximum atomic E-state index is 12.4. The van der Waals surface area contributed by atoms with Gasteiger partial charge in [0, 0.05) is 25.2 Å². The molecule has 3 nitrogen and oxygen atoms in total. The van der Waals surface area contributed by atoms with Gasteiger partial charge in [0.15, 0.2) is 0 Å². The predicted molar refractivity (Wildman–Crippen MR) is 85.4 cm³/mol. The van der Waals surface area contributed by atoms with Crippen molar-refractivity contribution >= 4 is 16.8 Å². The Hall–Kier alpha value is -2.55. The molecule has 3 heteroatoms. The minimum absolute atomic E-state index is 0.0154. The summed E-state index contributed by atoms with van der Waals surface area (Å²) in [6.45, 7) is 0.643. The summed E-state index contributed by atoms with van der Waals surface area (Å²) in [5.74, 6) is -0.0154. The van der Waals surface area contributed by atoms with Crippen LogP contribution in [0.25, 0.3) is 10.9 Å². The molecule has 0 aliphatic carbocycles. The number of hydrogen-bond acceptors (Lipinski definition) is 1. The molecular formula is C18H18N2O. The lowest BCUT2D eigenvalue weighted by Crippen LogP contribution is -2.26. The molecule has 0 saturated heterocycles. The average Bonchev–Trinajstić information content (AvgIpc) is 2.90. The van der Waals surface area contributed by atoms with E-state index in [4.69, 9.17) is 0 Å². The molecule has 0 bridgehead atoms. The van der Waals surface area contributed by atoms with Gasteiger partial charge in [0.2, 0.25) is 0 Å². The van der Waals surface area contributed by atoms with Crippen molar-refractivity contribution in [2.75, 3.05) is 6.54 Å². The van der Waals surface area contributed by atoms with Gasteiger partial charge in [-0.05, 0) is 24.1 Å². The Labute approximate surface area is 124 Å². The fourth-order valence-corrected chi connectivity index (χ4v) is 2.60. The molecule has 0 radical (unpaired) electrons. The first kappa shape index (κ1) is 13.4. The summed E-state index contributed by atoms with van der Waals surface area (Å²) >= 11 is 0. The number of fused-ring (bicyclic) bond motifs is 1. The summed E-state index contributed by atoms with van der Waals surface area (Å²) < 4.78 is 1.99. The lowest BCUT2D eigenvalue weighted by molar-refractivity contribution is 0.0955. The highest BCUT2D eigenvalue weighted by Crippen LogP contribution is 2.19. The van der Waals surface area contributed by atoms with E-state index >= 15 is 0 Å². The Morgan fingerprint density at radius 2 is 1.86 bits per heavy atom. The van der Waals surface area contributed by atoms with Crippen LogP contribution in [0.3, 0.4) is 0 Å². The van der Waals surface area contributed by atoms with E-state index in [-0.39, 0.29) is 5.91 Å². The van der Waals surface area contributed by atoms with Gasteiger partial charge in [-0.3, -0.25) is 4.79 Å². The number of nitrogens with zero attached hydrogens (tertiary/aromatic N) is 1. The molecule has 1 aromatic heterocycles. The standard InChI is InChI=1S/C18H18N2O/c1-20-13-11-15-8-5-9-16(17(15)20)18(21)19-12-10-14-6-3-2-4-7-14/h2-9,11,13H,10,12H2,1H3,(H,19,21). The monoisotopic (exact) mass is 278 g/mol. The number of hydrogen-bond donors (Lipinski definition) is 1. The normalized spacial score (nSPS) is 10.7. The van der Waals surface area contributed by atoms with E-state index < -0.39 is 0 Å². The highest BCUT2D eigenvalue weighted by molar-refractivity contribution is 6.05. The first-order chi connectivity index (χ1) is 10.3. The molecule has 0 atom stereocenters. The Kier molecular flexibility index (Phi) is 3.73. The summed E-state index contributed by atoms with van der Waals surface area (Å²) in [5, 5.41) is 4.10. The molecule has 0 aliphatic heterocycles. The zero-order chi connectivity index (χ0) is 14.7. The van der Waals surface area contributed by atoms with Crippen LogP contribution in [0.4, 0.5) is 0 Å². The molecule has 3 aromatic rings. The molecular weight excluding hydrogens is 260 g/mol. The van der Waals surface area contributed by atoms with Crippen molar-refractivity contribution in [3.8, 4) is 0 Å². The number of para-hydroxylation sites is 1.